The van der Waals surface area contributed by atoms with Crippen LogP contribution < -0.4 is 0 Å². The minimum Gasteiger partial charge on any atom is -0.149 e. The van der Waals surface area contributed by atoms with Crippen molar-refractivity contribution in [2.24, 2.45) is 0 Å². The number of rotatable bonds is 0. The highest BCUT2D eigenvalue weighted by Crippen LogP contribution is 2.18. The summed E-state index contributed by atoms with van der Waals surface area (Å²) in [5.41, 5.74) is 1.37. The maximum Gasteiger partial charge on any atom is -0.0741 e. The van der Waals surface area contributed by atoms with E-state index in [2.05, 4.69) is 43.3 Å². The van der Waals surface area contributed by atoms with E-state index in [1.165, 1.54) is 16.3 Å². The van der Waals surface area contributed by atoms with Crippen LogP contribution >= 0.6 is 0 Å². The molecule has 2 rings (SSSR count). The average Bonchev–Trinajstić information content (AvgIpc) is 2.34. The summed E-state index contributed by atoms with van der Waals surface area (Å²) in [4.78, 5) is 0. The first-order valence-corrected chi connectivity index (χ1v) is 3.49. The van der Waals surface area contributed by atoms with Gasteiger partial charge in [0.2, 0.25) is 0 Å². The number of fused-ring (bicyclic) bond motifs is 1. The molecule has 0 heterocycles. The lowest BCUT2D eigenvalue weighted by atomic mass is 10.2. The van der Waals surface area contributed by atoms with Gasteiger partial charge in [0.05, 0.1) is 0 Å². The molecule has 2 aromatic carbocycles. The summed E-state index contributed by atoms with van der Waals surface area (Å²) in [6.45, 7) is 2.14. The lowest BCUT2D eigenvalue weighted by Crippen LogP contribution is -1.63. The minimum atomic E-state index is 1.35. The second kappa shape index (κ2) is 1.91. The molecule has 0 aliphatic heterocycles. The Morgan fingerprint density at radius 2 is 2.00 bits per heavy atom. The monoisotopic (exact) mass is 129 g/mol. The van der Waals surface area contributed by atoms with E-state index < -0.39 is 0 Å². The highest BCUT2D eigenvalue weighted by Gasteiger charge is 1.85. The van der Waals surface area contributed by atoms with Crippen LogP contribution in [0.25, 0.3) is 10.8 Å². The summed E-state index contributed by atoms with van der Waals surface area (Å²) < 4.78 is 0. The maximum atomic E-state index is 2.16. The van der Waals surface area contributed by atoms with Crippen LogP contribution in [0.15, 0.2) is 36.4 Å². The molecule has 0 unspecified atom stereocenters. The summed E-state index contributed by atoms with van der Waals surface area (Å²) in [6.07, 6.45) is 0. The zero-order valence-corrected chi connectivity index (χ0v) is 5.96. The van der Waals surface area contributed by atoms with Gasteiger partial charge in [-0.25, -0.2) is 0 Å². The molecule has 10 heavy (non-hydrogen) atoms. The second-order valence-corrected chi connectivity index (χ2v) is 2.60. The summed E-state index contributed by atoms with van der Waals surface area (Å²) >= 11 is 0. The normalized spacial score (nSPS) is 10.5. The van der Waals surface area contributed by atoms with E-state index in [-0.39, 0.29) is 0 Å². The Labute approximate surface area is 60.5 Å². The van der Waals surface area contributed by atoms with Crippen molar-refractivity contribution in [3.05, 3.63) is 42.0 Å². The second-order valence-electron chi connectivity index (χ2n) is 2.60. The highest BCUT2D eigenvalue weighted by atomic mass is 14.0. The number of benzene rings is 1. The van der Waals surface area contributed by atoms with Gasteiger partial charge >= 0.3 is 0 Å². The van der Waals surface area contributed by atoms with Gasteiger partial charge in [0.1, 0.15) is 0 Å². The van der Waals surface area contributed by atoms with Crippen LogP contribution in [0.5, 0.6) is 0 Å². The van der Waals surface area contributed by atoms with E-state index in [1.54, 1.807) is 0 Å². The predicted octanol–water partition coefficient (Wildman–Crippen LogP) is 2.87. The van der Waals surface area contributed by atoms with Crippen molar-refractivity contribution in [3.63, 3.8) is 0 Å². The van der Waals surface area contributed by atoms with E-state index in [1.807, 2.05) is 0 Å². The zero-order valence-electron chi connectivity index (χ0n) is 5.96. The Balaban J connectivity index is 2.93. The van der Waals surface area contributed by atoms with E-state index in [0.717, 1.165) is 0 Å². The molecule has 0 fully saturated rings. The van der Waals surface area contributed by atoms with Crippen LogP contribution in [0.2, 0.25) is 0 Å². The molecular formula is C10H9-. The Hall–Kier alpha value is -1.17. The van der Waals surface area contributed by atoms with E-state index >= 15 is 0 Å². The molecule has 0 atom stereocenters. The van der Waals surface area contributed by atoms with Crippen molar-refractivity contribution in [2.75, 3.05) is 0 Å². The molecule has 0 bridgehead atoms. The number of hydrogen-bond acceptors (Lipinski definition) is 0. The van der Waals surface area contributed by atoms with Gasteiger partial charge in [-0.2, -0.15) is 0 Å². The van der Waals surface area contributed by atoms with Crippen molar-refractivity contribution in [1.82, 2.24) is 0 Å². The molecule has 50 valence electrons. The fourth-order valence-electron chi connectivity index (χ4n) is 1.31. The lowest BCUT2D eigenvalue weighted by molar-refractivity contribution is 1.58. The van der Waals surface area contributed by atoms with Gasteiger partial charge in [0.25, 0.3) is 0 Å². The fourth-order valence-corrected chi connectivity index (χ4v) is 1.31. The Bertz CT molecular complexity index is 342. The van der Waals surface area contributed by atoms with Crippen LogP contribution in [0.3, 0.4) is 0 Å². The van der Waals surface area contributed by atoms with Gasteiger partial charge in [-0.15, -0.1) is 47.3 Å². The SMILES string of the molecule is Cc1cc[c-]2ccccc12. The molecule has 0 aliphatic carbocycles. The van der Waals surface area contributed by atoms with E-state index in [9.17, 15) is 0 Å². The van der Waals surface area contributed by atoms with Crippen LogP contribution in [0, 0.1) is 6.92 Å². The molecule has 0 saturated carbocycles. The van der Waals surface area contributed by atoms with Crippen molar-refractivity contribution in [3.8, 4) is 0 Å². The number of aryl methyl sites for hydroxylation is 1. The van der Waals surface area contributed by atoms with Gasteiger partial charge in [-0.3, -0.25) is 0 Å². The quantitative estimate of drug-likeness (QED) is 0.480. The Morgan fingerprint density at radius 1 is 1.10 bits per heavy atom. The predicted molar refractivity (Wildman–Crippen MR) is 44.3 cm³/mol. The van der Waals surface area contributed by atoms with Crippen LogP contribution in [-0.2, 0) is 0 Å². The molecule has 0 radical (unpaired) electrons. The summed E-state index contributed by atoms with van der Waals surface area (Å²) in [5.74, 6) is 0. The molecule has 0 amide bonds. The first kappa shape index (κ1) is 5.60. The van der Waals surface area contributed by atoms with Gasteiger partial charge in [0, 0.05) is 0 Å². The first-order valence-electron chi connectivity index (χ1n) is 3.49. The number of hydrogen-bond donors (Lipinski definition) is 0. The maximum absolute atomic E-state index is 2.16. The van der Waals surface area contributed by atoms with Crippen LogP contribution in [0.1, 0.15) is 5.56 Å². The smallest absolute Gasteiger partial charge is 0.0741 e. The highest BCUT2D eigenvalue weighted by molar-refractivity contribution is 5.87. The third-order valence-electron chi connectivity index (χ3n) is 1.90. The fraction of sp³-hybridized carbons (Fsp3) is 0.100. The molecule has 0 aromatic heterocycles. The van der Waals surface area contributed by atoms with Gasteiger partial charge in [-0.1, -0.05) is 12.3 Å². The largest absolute Gasteiger partial charge is 0.149 e. The molecular weight excluding hydrogens is 120 g/mol. The average molecular weight is 129 g/mol. The van der Waals surface area contributed by atoms with Crippen molar-refractivity contribution < 1.29 is 0 Å². The Morgan fingerprint density at radius 3 is 2.80 bits per heavy atom. The van der Waals surface area contributed by atoms with Crippen molar-refractivity contribution in [2.45, 2.75) is 6.92 Å². The molecule has 2 aromatic rings. The van der Waals surface area contributed by atoms with Crippen molar-refractivity contribution >= 4 is 10.8 Å². The molecule has 0 spiro atoms. The Kier molecular flexibility index (Phi) is 1.07. The van der Waals surface area contributed by atoms with Gasteiger partial charge < -0.3 is 0 Å². The topological polar surface area (TPSA) is 0 Å². The van der Waals surface area contributed by atoms with Crippen LogP contribution in [0.4, 0.5) is 0 Å². The van der Waals surface area contributed by atoms with Crippen molar-refractivity contribution in [1.29, 1.82) is 0 Å². The molecule has 0 N–H and O–H groups in total. The third kappa shape index (κ3) is 0.655. The third-order valence-corrected chi connectivity index (χ3v) is 1.90. The van der Waals surface area contributed by atoms with E-state index in [0.29, 0.717) is 0 Å². The first-order chi connectivity index (χ1) is 4.88. The molecule has 0 heteroatoms. The molecule has 0 nitrogen and oxygen atoms in total. The van der Waals surface area contributed by atoms with Gasteiger partial charge in [0.15, 0.2) is 0 Å². The van der Waals surface area contributed by atoms with Gasteiger partial charge in [-0.05, 0) is 0 Å². The summed E-state index contributed by atoms with van der Waals surface area (Å²) in [5, 5.41) is 2.72. The summed E-state index contributed by atoms with van der Waals surface area (Å²) in [7, 11) is 0. The lowest BCUT2D eigenvalue weighted by Gasteiger charge is -1.96. The zero-order chi connectivity index (χ0) is 6.97. The van der Waals surface area contributed by atoms with Crippen LogP contribution in [-0.4, -0.2) is 0 Å². The molecule has 0 saturated heterocycles. The molecule has 0 aliphatic rings. The standard InChI is InChI=1S/C10H9/c1-8-6-7-9-4-2-3-5-10(8)9/h2-7H,1H3/q-1. The summed E-state index contributed by atoms with van der Waals surface area (Å²) in [6, 6.07) is 12.8. The minimum absolute atomic E-state index is 1.35. The van der Waals surface area contributed by atoms with E-state index in [4.69, 9.17) is 0 Å².